The molecule has 0 saturated carbocycles. The zero-order valence-electron chi connectivity index (χ0n) is 14.3. The number of aromatic nitrogens is 4. The summed E-state index contributed by atoms with van der Waals surface area (Å²) in [6.45, 7) is 3.46. The molecule has 1 saturated heterocycles. The summed E-state index contributed by atoms with van der Waals surface area (Å²) < 4.78 is 0. The van der Waals surface area contributed by atoms with Gasteiger partial charge in [0.15, 0.2) is 0 Å². The number of nitrogens with zero attached hydrogens (tertiary/aromatic N) is 5. The van der Waals surface area contributed by atoms with E-state index < -0.39 is 0 Å². The Balaban J connectivity index is 1.77. The van der Waals surface area contributed by atoms with E-state index in [9.17, 15) is 10.2 Å². The first-order valence-corrected chi connectivity index (χ1v) is 8.54. The van der Waals surface area contributed by atoms with Gasteiger partial charge >= 0.3 is 0 Å². The minimum Gasteiger partial charge on any atom is -0.395 e. The minimum absolute atomic E-state index is 0.0362. The molecule has 0 spiro atoms. The third-order valence-corrected chi connectivity index (χ3v) is 4.49. The summed E-state index contributed by atoms with van der Waals surface area (Å²) >= 11 is 0. The molecule has 3 N–H and O–H groups in total. The average molecular weight is 344 g/mol. The fourth-order valence-corrected chi connectivity index (χ4v) is 3.23. The van der Waals surface area contributed by atoms with Crippen molar-refractivity contribution in [2.75, 3.05) is 31.6 Å². The quantitative estimate of drug-likeness (QED) is 0.708. The van der Waals surface area contributed by atoms with Crippen LogP contribution in [0.2, 0.25) is 0 Å². The first-order chi connectivity index (χ1) is 12.2. The van der Waals surface area contributed by atoms with E-state index in [1.54, 1.807) is 18.6 Å². The summed E-state index contributed by atoms with van der Waals surface area (Å²) in [6.07, 6.45) is 6.93. The van der Waals surface area contributed by atoms with Crippen LogP contribution in [0.1, 0.15) is 30.3 Å². The van der Waals surface area contributed by atoms with Crippen molar-refractivity contribution >= 4 is 11.6 Å². The lowest BCUT2D eigenvalue weighted by atomic mass is 9.93. The molecule has 2 aromatic rings. The number of aliphatic hydroxyl groups excluding tert-OH is 2. The van der Waals surface area contributed by atoms with E-state index in [4.69, 9.17) is 0 Å². The Kier molecular flexibility index (Phi) is 5.85. The summed E-state index contributed by atoms with van der Waals surface area (Å²) in [5.41, 5.74) is 0.971. The summed E-state index contributed by atoms with van der Waals surface area (Å²) in [5, 5.41) is 22.0. The smallest absolute Gasteiger partial charge is 0.150 e. The lowest BCUT2D eigenvalue weighted by molar-refractivity contribution is 0.0545. The Morgan fingerprint density at radius 3 is 2.80 bits per heavy atom. The number of anilines is 2. The van der Waals surface area contributed by atoms with Crippen LogP contribution in [0.25, 0.3) is 0 Å². The lowest BCUT2D eigenvalue weighted by Crippen LogP contribution is -2.45. The van der Waals surface area contributed by atoms with E-state index >= 15 is 0 Å². The highest BCUT2D eigenvalue weighted by Gasteiger charge is 2.27. The van der Waals surface area contributed by atoms with Crippen molar-refractivity contribution in [2.45, 2.75) is 31.7 Å². The van der Waals surface area contributed by atoms with Crippen LogP contribution >= 0.6 is 0 Å². The second-order valence-electron chi connectivity index (χ2n) is 6.29. The van der Waals surface area contributed by atoms with Gasteiger partial charge in [-0.05, 0) is 26.3 Å². The lowest BCUT2D eigenvalue weighted by Gasteiger charge is -2.36. The van der Waals surface area contributed by atoms with Crippen molar-refractivity contribution in [2.24, 2.45) is 0 Å². The maximum atomic E-state index is 9.44. The van der Waals surface area contributed by atoms with Gasteiger partial charge in [0.2, 0.25) is 0 Å². The molecule has 3 heterocycles. The van der Waals surface area contributed by atoms with Crippen molar-refractivity contribution in [1.29, 1.82) is 0 Å². The van der Waals surface area contributed by atoms with E-state index in [0.717, 1.165) is 31.6 Å². The molecule has 8 nitrogen and oxygen atoms in total. The summed E-state index contributed by atoms with van der Waals surface area (Å²) in [5.74, 6) is 2.28. The van der Waals surface area contributed by atoms with Crippen molar-refractivity contribution in [1.82, 2.24) is 24.8 Å². The molecule has 0 bridgehead atoms. The number of aryl methyl sites for hydroxylation is 1. The number of likely N-dealkylation sites (tertiary alicyclic amines) is 1. The number of nitrogens with one attached hydrogen (secondary N) is 1. The first-order valence-electron chi connectivity index (χ1n) is 8.54. The molecule has 134 valence electrons. The van der Waals surface area contributed by atoms with E-state index in [0.29, 0.717) is 17.5 Å². The van der Waals surface area contributed by atoms with Crippen LogP contribution in [-0.2, 0) is 0 Å². The molecular weight excluding hydrogens is 320 g/mol. The fraction of sp³-hybridized carbons (Fsp3) is 0.529. The number of rotatable bonds is 6. The third kappa shape index (κ3) is 4.47. The Hall–Kier alpha value is -2.16. The fourth-order valence-electron chi connectivity index (χ4n) is 3.23. The molecule has 2 aromatic heterocycles. The molecule has 1 aliphatic heterocycles. The van der Waals surface area contributed by atoms with Gasteiger partial charge in [-0.15, -0.1) is 0 Å². The topological polar surface area (TPSA) is 107 Å². The Labute approximate surface area is 147 Å². The third-order valence-electron chi connectivity index (χ3n) is 4.49. The van der Waals surface area contributed by atoms with Crippen LogP contribution < -0.4 is 5.32 Å². The minimum atomic E-state index is -0.206. The summed E-state index contributed by atoms with van der Waals surface area (Å²) in [4.78, 5) is 19.4. The zero-order valence-corrected chi connectivity index (χ0v) is 14.3. The van der Waals surface area contributed by atoms with E-state index in [-0.39, 0.29) is 25.2 Å². The summed E-state index contributed by atoms with van der Waals surface area (Å²) in [6, 6.07) is 1.74. The molecule has 0 amide bonds. The van der Waals surface area contributed by atoms with Gasteiger partial charge in [-0.3, -0.25) is 9.88 Å². The van der Waals surface area contributed by atoms with Crippen LogP contribution in [0.3, 0.4) is 0 Å². The molecule has 0 aromatic carbocycles. The molecule has 0 aliphatic carbocycles. The molecule has 0 radical (unpaired) electrons. The van der Waals surface area contributed by atoms with E-state index in [1.807, 2.05) is 13.0 Å². The maximum absolute atomic E-state index is 9.44. The van der Waals surface area contributed by atoms with Gasteiger partial charge in [0.05, 0.1) is 31.1 Å². The predicted molar refractivity (Wildman–Crippen MR) is 93.6 cm³/mol. The zero-order chi connectivity index (χ0) is 17.6. The van der Waals surface area contributed by atoms with E-state index in [2.05, 4.69) is 30.2 Å². The highest BCUT2D eigenvalue weighted by atomic mass is 16.3. The molecule has 25 heavy (non-hydrogen) atoms. The second-order valence-corrected chi connectivity index (χ2v) is 6.29. The molecule has 3 rings (SSSR count). The van der Waals surface area contributed by atoms with Crippen molar-refractivity contribution in [3.05, 3.63) is 36.2 Å². The Bertz CT molecular complexity index is 680. The highest BCUT2D eigenvalue weighted by molar-refractivity contribution is 5.50. The monoisotopic (exact) mass is 344 g/mol. The molecule has 8 heteroatoms. The SMILES string of the molecule is Cc1nc(Nc2cnccn2)cc(C2CCCN(C(CO)CO)C2)n1. The largest absolute Gasteiger partial charge is 0.395 e. The van der Waals surface area contributed by atoms with Gasteiger partial charge in [0.1, 0.15) is 17.5 Å². The van der Waals surface area contributed by atoms with Gasteiger partial charge in [-0.1, -0.05) is 0 Å². The van der Waals surface area contributed by atoms with Crippen molar-refractivity contribution in [3.63, 3.8) is 0 Å². The average Bonchev–Trinajstić information content (AvgIpc) is 2.63. The van der Waals surface area contributed by atoms with Gasteiger partial charge in [0, 0.05) is 30.9 Å². The van der Waals surface area contributed by atoms with Gasteiger partial charge in [0.25, 0.3) is 0 Å². The normalized spacial score (nSPS) is 18.5. The summed E-state index contributed by atoms with van der Waals surface area (Å²) in [7, 11) is 0. The first kappa shape index (κ1) is 17.7. The second kappa shape index (κ2) is 8.28. The number of aliphatic hydroxyl groups is 2. The predicted octanol–water partition coefficient (Wildman–Crippen LogP) is 0.851. The van der Waals surface area contributed by atoms with Crippen LogP contribution in [-0.4, -0.2) is 67.4 Å². The maximum Gasteiger partial charge on any atom is 0.150 e. The van der Waals surface area contributed by atoms with Crippen LogP contribution in [0, 0.1) is 6.92 Å². The molecule has 1 unspecified atom stereocenters. The van der Waals surface area contributed by atoms with Gasteiger partial charge in [-0.2, -0.15) is 0 Å². The van der Waals surface area contributed by atoms with Crippen LogP contribution in [0.15, 0.2) is 24.7 Å². The standard InChI is InChI=1S/C17H24N6O2/c1-12-20-15(7-16(21-12)22-17-8-18-4-5-19-17)13-3-2-6-23(9-13)14(10-24)11-25/h4-5,7-8,13-14,24-25H,2-3,6,9-11H2,1H3,(H,19,20,21,22). The van der Waals surface area contributed by atoms with Crippen LogP contribution in [0.4, 0.5) is 11.6 Å². The number of hydrogen-bond acceptors (Lipinski definition) is 8. The Morgan fingerprint density at radius 1 is 1.24 bits per heavy atom. The highest BCUT2D eigenvalue weighted by Crippen LogP contribution is 2.28. The Morgan fingerprint density at radius 2 is 2.08 bits per heavy atom. The number of hydrogen-bond donors (Lipinski definition) is 3. The van der Waals surface area contributed by atoms with E-state index in [1.165, 1.54) is 0 Å². The molecular formula is C17H24N6O2. The molecule has 1 aliphatic rings. The van der Waals surface area contributed by atoms with Gasteiger partial charge in [-0.25, -0.2) is 15.0 Å². The van der Waals surface area contributed by atoms with Crippen LogP contribution in [0.5, 0.6) is 0 Å². The molecule has 1 fully saturated rings. The number of piperidine rings is 1. The van der Waals surface area contributed by atoms with Crippen molar-refractivity contribution in [3.8, 4) is 0 Å². The van der Waals surface area contributed by atoms with Crippen molar-refractivity contribution < 1.29 is 10.2 Å². The van der Waals surface area contributed by atoms with Gasteiger partial charge < -0.3 is 15.5 Å². The molecule has 1 atom stereocenters.